The average molecular weight is 462 g/mol. The molecule has 0 fully saturated rings. The van der Waals surface area contributed by atoms with Crippen molar-refractivity contribution in [2.45, 2.75) is 13.8 Å². The van der Waals surface area contributed by atoms with Crippen LogP contribution in [-0.4, -0.2) is 28.7 Å². The molecule has 0 spiro atoms. The number of ether oxygens (including phenoxy) is 2. The van der Waals surface area contributed by atoms with Gasteiger partial charge >= 0.3 is 12.1 Å². The summed E-state index contributed by atoms with van der Waals surface area (Å²) in [6, 6.07) is 18.3. The standard InChI is InChI=1S/C25H22N2O7/c1-3-33-23(24(28)29)14-17-7-9-18(10-8-17)19-5-4-6-20(15-19)26-25(30)34-22-12-11-21(27(31)32)13-16(22)2/h4-15H,3H2,1-2H3,(H,26,30)(H,28,29)/b23-14-. The Bertz CT molecular complexity index is 1250. The van der Waals surface area contributed by atoms with Crippen molar-refractivity contribution in [3.8, 4) is 16.9 Å². The number of rotatable bonds is 8. The quantitative estimate of drug-likeness (QED) is 0.192. The summed E-state index contributed by atoms with van der Waals surface area (Å²) in [4.78, 5) is 33.9. The summed E-state index contributed by atoms with van der Waals surface area (Å²) >= 11 is 0. The number of nitro groups is 1. The number of non-ortho nitro benzene ring substituents is 1. The Morgan fingerprint density at radius 2 is 1.79 bits per heavy atom. The number of aryl methyl sites for hydroxylation is 1. The highest BCUT2D eigenvalue weighted by atomic mass is 16.6. The molecule has 3 aromatic carbocycles. The molecule has 0 saturated carbocycles. The summed E-state index contributed by atoms with van der Waals surface area (Å²) in [5.74, 6) is -1.06. The molecule has 0 heterocycles. The van der Waals surface area contributed by atoms with E-state index in [0.29, 0.717) is 16.8 Å². The van der Waals surface area contributed by atoms with Crippen molar-refractivity contribution in [1.82, 2.24) is 0 Å². The van der Waals surface area contributed by atoms with Crippen LogP contribution in [0.15, 0.2) is 72.5 Å². The van der Waals surface area contributed by atoms with Gasteiger partial charge in [-0.15, -0.1) is 0 Å². The number of carboxylic acid groups (broad SMARTS) is 1. The van der Waals surface area contributed by atoms with Crippen LogP contribution < -0.4 is 10.1 Å². The smallest absolute Gasteiger partial charge is 0.417 e. The van der Waals surface area contributed by atoms with Crippen LogP contribution in [0.25, 0.3) is 17.2 Å². The highest BCUT2D eigenvalue weighted by molar-refractivity contribution is 5.90. The van der Waals surface area contributed by atoms with Crippen molar-refractivity contribution in [2.24, 2.45) is 0 Å². The Kier molecular flexibility index (Phi) is 7.60. The zero-order valence-electron chi connectivity index (χ0n) is 18.5. The summed E-state index contributed by atoms with van der Waals surface area (Å²) in [7, 11) is 0. The highest BCUT2D eigenvalue weighted by Crippen LogP contribution is 2.26. The first-order valence-electron chi connectivity index (χ1n) is 10.3. The van der Waals surface area contributed by atoms with Gasteiger partial charge in [0.05, 0.1) is 11.5 Å². The molecule has 3 rings (SSSR count). The highest BCUT2D eigenvalue weighted by Gasteiger charge is 2.13. The van der Waals surface area contributed by atoms with Gasteiger partial charge in [-0.05, 0) is 60.4 Å². The molecule has 3 aromatic rings. The van der Waals surface area contributed by atoms with E-state index in [-0.39, 0.29) is 23.8 Å². The summed E-state index contributed by atoms with van der Waals surface area (Å²) in [6.07, 6.45) is 0.718. The zero-order chi connectivity index (χ0) is 24.7. The monoisotopic (exact) mass is 462 g/mol. The van der Waals surface area contributed by atoms with Crippen molar-refractivity contribution >= 4 is 29.5 Å². The van der Waals surface area contributed by atoms with E-state index in [1.54, 1.807) is 44.2 Å². The summed E-state index contributed by atoms with van der Waals surface area (Å²) in [5.41, 5.74) is 3.22. The van der Waals surface area contributed by atoms with E-state index in [9.17, 15) is 24.8 Å². The molecule has 0 bridgehead atoms. The molecular formula is C25H22N2O7. The molecule has 0 aliphatic heterocycles. The normalized spacial score (nSPS) is 10.9. The van der Waals surface area contributed by atoms with E-state index in [2.05, 4.69) is 5.32 Å². The molecule has 0 atom stereocenters. The number of nitrogens with zero attached hydrogens (tertiary/aromatic N) is 1. The second-order valence-electron chi connectivity index (χ2n) is 7.17. The Hall–Kier alpha value is -4.66. The van der Waals surface area contributed by atoms with Gasteiger partial charge in [-0.2, -0.15) is 0 Å². The molecule has 1 amide bonds. The molecule has 2 N–H and O–H groups in total. The van der Waals surface area contributed by atoms with Gasteiger partial charge in [0.25, 0.3) is 5.69 Å². The molecule has 0 unspecified atom stereocenters. The lowest BCUT2D eigenvalue weighted by Gasteiger charge is -2.10. The minimum atomic E-state index is -1.14. The van der Waals surface area contributed by atoms with E-state index in [0.717, 1.165) is 11.1 Å². The summed E-state index contributed by atoms with van der Waals surface area (Å²) < 4.78 is 10.4. The average Bonchev–Trinajstić information content (AvgIpc) is 2.80. The summed E-state index contributed by atoms with van der Waals surface area (Å²) in [6.45, 7) is 3.58. The fourth-order valence-electron chi connectivity index (χ4n) is 3.13. The van der Waals surface area contributed by atoms with Gasteiger partial charge in [-0.1, -0.05) is 36.4 Å². The minimum absolute atomic E-state index is 0.0865. The van der Waals surface area contributed by atoms with Crippen LogP contribution in [-0.2, 0) is 9.53 Å². The largest absolute Gasteiger partial charge is 0.487 e. The number of amides is 1. The molecule has 0 aliphatic rings. The van der Waals surface area contributed by atoms with Gasteiger partial charge in [-0.3, -0.25) is 15.4 Å². The number of carboxylic acids is 1. The van der Waals surface area contributed by atoms with Gasteiger partial charge < -0.3 is 14.6 Å². The van der Waals surface area contributed by atoms with E-state index >= 15 is 0 Å². The maximum absolute atomic E-state index is 12.3. The number of benzene rings is 3. The third kappa shape index (κ3) is 6.19. The number of carbonyl (C=O) groups is 2. The molecule has 0 radical (unpaired) electrons. The number of nitrogens with one attached hydrogen (secondary N) is 1. The third-order valence-corrected chi connectivity index (χ3v) is 4.73. The molecular weight excluding hydrogens is 440 g/mol. The number of hydrogen-bond acceptors (Lipinski definition) is 6. The Labute approximate surface area is 195 Å². The van der Waals surface area contributed by atoms with Gasteiger partial charge in [0.15, 0.2) is 0 Å². The first kappa shape index (κ1) is 24.0. The molecule has 174 valence electrons. The lowest BCUT2D eigenvalue weighted by Crippen LogP contribution is -2.17. The van der Waals surface area contributed by atoms with Crippen LogP contribution >= 0.6 is 0 Å². The van der Waals surface area contributed by atoms with Gasteiger partial charge in [0.1, 0.15) is 5.75 Å². The SMILES string of the molecule is CCO/C(=C\c1ccc(-c2cccc(NC(=O)Oc3ccc([N+](=O)[O-])cc3C)c2)cc1)C(=O)O. The number of anilines is 1. The Morgan fingerprint density at radius 1 is 1.06 bits per heavy atom. The van der Waals surface area contributed by atoms with E-state index < -0.39 is 17.0 Å². The first-order valence-corrected chi connectivity index (χ1v) is 10.3. The van der Waals surface area contributed by atoms with Gasteiger partial charge in [-0.25, -0.2) is 9.59 Å². The number of carbonyl (C=O) groups excluding carboxylic acids is 1. The predicted molar refractivity (Wildman–Crippen MR) is 127 cm³/mol. The van der Waals surface area contributed by atoms with Crippen LogP contribution in [0.3, 0.4) is 0 Å². The third-order valence-electron chi connectivity index (χ3n) is 4.73. The molecule has 0 aliphatic carbocycles. The molecule has 0 saturated heterocycles. The van der Waals surface area contributed by atoms with E-state index in [1.165, 1.54) is 24.3 Å². The maximum atomic E-state index is 12.3. The van der Waals surface area contributed by atoms with Crippen molar-refractivity contribution in [3.63, 3.8) is 0 Å². The van der Waals surface area contributed by atoms with Crippen LogP contribution in [0.5, 0.6) is 5.75 Å². The summed E-state index contributed by atoms with van der Waals surface area (Å²) in [5, 5.41) is 22.7. The van der Waals surface area contributed by atoms with Crippen molar-refractivity contribution in [2.75, 3.05) is 11.9 Å². The fraction of sp³-hybridized carbons (Fsp3) is 0.120. The van der Waals surface area contributed by atoms with Gasteiger partial charge in [0, 0.05) is 17.8 Å². The fourth-order valence-corrected chi connectivity index (χ4v) is 3.13. The molecule has 34 heavy (non-hydrogen) atoms. The van der Waals surface area contributed by atoms with Crippen LogP contribution in [0.2, 0.25) is 0 Å². The Balaban J connectivity index is 1.71. The van der Waals surface area contributed by atoms with Crippen LogP contribution in [0, 0.1) is 17.0 Å². The van der Waals surface area contributed by atoms with Gasteiger partial charge in [0.2, 0.25) is 5.76 Å². The lowest BCUT2D eigenvalue weighted by atomic mass is 10.0. The topological polar surface area (TPSA) is 128 Å². The van der Waals surface area contributed by atoms with E-state index in [4.69, 9.17) is 9.47 Å². The number of aliphatic carboxylic acids is 1. The molecule has 9 heteroatoms. The second kappa shape index (κ2) is 10.8. The Morgan fingerprint density at radius 3 is 2.41 bits per heavy atom. The molecule has 9 nitrogen and oxygen atoms in total. The maximum Gasteiger partial charge on any atom is 0.417 e. The number of nitro benzene ring substituents is 1. The lowest BCUT2D eigenvalue weighted by molar-refractivity contribution is -0.384. The zero-order valence-corrected chi connectivity index (χ0v) is 18.5. The first-order chi connectivity index (χ1) is 16.3. The minimum Gasteiger partial charge on any atom is -0.487 e. The van der Waals surface area contributed by atoms with Crippen LogP contribution in [0.4, 0.5) is 16.2 Å². The second-order valence-corrected chi connectivity index (χ2v) is 7.17. The van der Waals surface area contributed by atoms with E-state index in [1.807, 2.05) is 18.2 Å². The molecule has 0 aromatic heterocycles. The van der Waals surface area contributed by atoms with Crippen molar-refractivity contribution in [1.29, 1.82) is 0 Å². The van der Waals surface area contributed by atoms with Crippen molar-refractivity contribution < 1.29 is 29.1 Å². The predicted octanol–water partition coefficient (Wildman–Crippen LogP) is 5.64. The van der Waals surface area contributed by atoms with Crippen LogP contribution in [0.1, 0.15) is 18.1 Å². The van der Waals surface area contributed by atoms with Crippen molar-refractivity contribution in [3.05, 3.63) is 93.7 Å². The number of hydrogen-bond donors (Lipinski definition) is 2.